The molecular weight excluding hydrogens is 250 g/mol. The summed E-state index contributed by atoms with van der Waals surface area (Å²) in [5.74, 6) is 0. The highest BCUT2D eigenvalue weighted by atomic mass is 32.2. The van der Waals surface area contributed by atoms with Gasteiger partial charge in [-0.15, -0.1) is 11.8 Å². The first-order valence-electron chi connectivity index (χ1n) is 7.42. The van der Waals surface area contributed by atoms with Crippen molar-refractivity contribution in [2.45, 2.75) is 50.0 Å². The smallest absolute Gasteiger partial charge is 0.0547 e. The third-order valence-corrected chi connectivity index (χ3v) is 4.56. The fourth-order valence-electron chi connectivity index (χ4n) is 2.76. The van der Waals surface area contributed by atoms with Crippen LogP contribution in [0.4, 0.5) is 0 Å². The van der Waals surface area contributed by atoms with Crippen molar-refractivity contribution in [3.63, 3.8) is 0 Å². The molecule has 0 fully saturated rings. The fraction of sp³-hybridized carbons (Fsp3) is 0.529. The second kappa shape index (κ2) is 7.76. The van der Waals surface area contributed by atoms with Crippen LogP contribution in [0, 0.1) is 0 Å². The van der Waals surface area contributed by atoms with E-state index in [2.05, 4.69) is 48.8 Å². The monoisotopic (exact) mass is 275 g/mol. The molecular formula is C17H25NS. The van der Waals surface area contributed by atoms with E-state index in [4.69, 9.17) is 0 Å². The minimum absolute atomic E-state index is 0.420. The van der Waals surface area contributed by atoms with Gasteiger partial charge in [0.15, 0.2) is 0 Å². The Morgan fingerprint density at radius 2 is 2.11 bits per heavy atom. The van der Waals surface area contributed by atoms with Gasteiger partial charge in [0, 0.05) is 4.90 Å². The number of hydrogen-bond donors (Lipinski definition) is 1. The first-order chi connectivity index (χ1) is 9.36. The van der Waals surface area contributed by atoms with Gasteiger partial charge >= 0.3 is 0 Å². The summed E-state index contributed by atoms with van der Waals surface area (Å²) < 4.78 is 0. The van der Waals surface area contributed by atoms with E-state index in [0.29, 0.717) is 6.04 Å². The van der Waals surface area contributed by atoms with Crippen LogP contribution >= 0.6 is 11.8 Å². The van der Waals surface area contributed by atoms with E-state index >= 15 is 0 Å². The maximum absolute atomic E-state index is 3.75. The molecule has 1 aromatic carbocycles. The second-order valence-corrected chi connectivity index (χ2v) is 6.00. The standard InChI is InChI=1S/C17H25NS/c1-3-13-18-17(14-9-5-4-6-10-14)15-11-7-8-12-16(15)19-2/h7-9,11-12,17-18H,3-6,10,13H2,1-2H3. The van der Waals surface area contributed by atoms with Gasteiger partial charge < -0.3 is 5.32 Å². The largest absolute Gasteiger partial charge is 0.306 e. The van der Waals surface area contributed by atoms with Crippen LogP contribution in [0.1, 0.15) is 50.6 Å². The molecule has 2 heteroatoms. The number of benzene rings is 1. The molecule has 104 valence electrons. The van der Waals surface area contributed by atoms with Gasteiger partial charge in [0.1, 0.15) is 0 Å². The van der Waals surface area contributed by atoms with Crippen LogP contribution < -0.4 is 5.32 Å². The third-order valence-electron chi connectivity index (χ3n) is 3.75. The molecule has 1 N–H and O–H groups in total. The van der Waals surface area contributed by atoms with Crippen LogP contribution in [-0.2, 0) is 0 Å². The average Bonchev–Trinajstić information content (AvgIpc) is 2.49. The Balaban J connectivity index is 2.27. The van der Waals surface area contributed by atoms with Crippen LogP contribution in [0.25, 0.3) is 0 Å². The topological polar surface area (TPSA) is 12.0 Å². The highest BCUT2D eigenvalue weighted by Crippen LogP contribution is 2.34. The number of nitrogens with one attached hydrogen (secondary N) is 1. The molecule has 1 atom stereocenters. The van der Waals surface area contributed by atoms with Crippen LogP contribution in [0.2, 0.25) is 0 Å². The highest BCUT2D eigenvalue weighted by Gasteiger charge is 2.19. The lowest BCUT2D eigenvalue weighted by molar-refractivity contribution is 0.541. The van der Waals surface area contributed by atoms with Gasteiger partial charge in [-0.05, 0) is 56.5 Å². The molecule has 1 aliphatic rings. The highest BCUT2D eigenvalue weighted by molar-refractivity contribution is 7.98. The summed E-state index contributed by atoms with van der Waals surface area (Å²) in [5, 5.41) is 3.75. The van der Waals surface area contributed by atoms with E-state index in [1.807, 2.05) is 11.8 Å². The molecule has 19 heavy (non-hydrogen) atoms. The molecule has 0 saturated heterocycles. The van der Waals surface area contributed by atoms with Gasteiger partial charge in [0.2, 0.25) is 0 Å². The predicted molar refractivity (Wildman–Crippen MR) is 85.8 cm³/mol. The normalized spacial score (nSPS) is 17.1. The first-order valence-corrected chi connectivity index (χ1v) is 8.64. The summed E-state index contributed by atoms with van der Waals surface area (Å²) in [6.07, 6.45) is 11.0. The summed E-state index contributed by atoms with van der Waals surface area (Å²) in [6.45, 7) is 3.32. The molecule has 0 amide bonds. The van der Waals surface area contributed by atoms with Gasteiger partial charge in [0.05, 0.1) is 6.04 Å². The number of hydrogen-bond acceptors (Lipinski definition) is 2. The first kappa shape index (κ1) is 14.7. The second-order valence-electron chi connectivity index (χ2n) is 5.15. The lowest BCUT2D eigenvalue weighted by Crippen LogP contribution is -2.25. The van der Waals surface area contributed by atoms with Crippen LogP contribution in [0.5, 0.6) is 0 Å². The molecule has 1 aliphatic carbocycles. The SMILES string of the molecule is CCCNC(C1=CCCCC1)c1ccccc1SC. The zero-order chi connectivity index (χ0) is 13.5. The summed E-state index contributed by atoms with van der Waals surface area (Å²) in [7, 11) is 0. The minimum atomic E-state index is 0.420. The molecule has 1 aromatic rings. The lowest BCUT2D eigenvalue weighted by Gasteiger charge is -2.26. The Hall–Kier alpha value is -0.730. The molecule has 0 radical (unpaired) electrons. The van der Waals surface area contributed by atoms with E-state index < -0.39 is 0 Å². The van der Waals surface area contributed by atoms with Crippen molar-refractivity contribution in [2.24, 2.45) is 0 Å². The van der Waals surface area contributed by atoms with Crippen LogP contribution in [0.3, 0.4) is 0 Å². The van der Waals surface area contributed by atoms with Crippen molar-refractivity contribution in [1.29, 1.82) is 0 Å². The summed E-state index contributed by atoms with van der Waals surface area (Å²) >= 11 is 1.85. The number of rotatable bonds is 6. The molecule has 2 rings (SSSR count). The molecule has 1 unspecified atom stereocenters. The van der Waals surface area contributed by atoms with Crippen molar-refractivity contribution < 1.29 is 0 Å². The molecule has 0 aliphatic heterocycles. The zero-order valence-corrected chi connectivity index (χ0v) is 12.9. The van der Waals surface area contributed by atoms with E-state index in [0.717, 1.165) is 6.54 Å². The predicted octanol–water partition coefficient (Wildman–Crippen LogP) is 4.95. The van der Waals surface area contributed by atoms with Crippen LogP contribution in [0.15, 0.2) is 40.8 Å². The molecule has 1 nitrogen and oxygen atoms in total. The lowest BCUT2D eigenvalue weighted by atomic mass is 9.89. The van der Waals surface area contributed by atoms with Crippen molar-refractivity contribution in [1.82, 2.24) is 5.32 Å². The number of allylic oxidation sites excluding steroid dienone is 1. The van der Waals surface area contributed by atoms with E-state index in [1.165, 1.54) is 42.6 Å². The van der Waals surface area contributed by atoms with Crippen molar-refractivity contribution in [2.75, 3.05) is 12.8 Å². The van der Waals surface area contributed by atoms with Gasteiger partial charge in [0.25, 0.3) is 0 Å². The van der Waals surface area contributed by atoms with Gasteiger partial charge in [-0.3, -0.25) is 0 Å². The molecule has 0 aromatic heterocycles. The Kier molecular flexibility index (Phi) is 5.99. The van der Waals surface area contributed by atoms with E-state index in [1.54, 1.807) is 5.57 Å². The Morgan fingerprint density at radius 1 is 1.26 bits per heavy atom. The van der Waals surface area contributed by atoms with Gasteiger partial charge in [-0.2, -0.15) is 0 Å². The molecule has 0 bridgehead atoms. The minimum Gasteiger partial charge on any atom is -0.306 e. The molecule has 0 saturated carbocycles. The summed E-state index contributed by atoms with van der Waals surface area (Å²) in [4.78, 5) is 1.41. The van der Waals surface area contributed by atoms with Crippen molar-refractivity contribution >= 4 is 11.8 Å². The van der Waals surface area contributed by atoms with Crippen molar-refractivity contribution in [3.8, 4) is 0 Å². The maximum atomic E-state index is 3.75. The molecule has 0 spiro atoms. The van der Waals surface area contributed by atoms with E-state index in [-0.39, 0.29) is 0 Å². The van der Waals surface area contributed by atoms with Gasteiger partial charge in [-0.1, -0.05) is 36.8 Å². The number of thioether (sulfide) groups is 1. The quantitative estimate of drug-likeness (QED) is 0.582. The Labute approximate surface area is 121 Å². The Bertz CT molecular complexity index is 425. The van der Waals surface area contributed by atoms with E-state index in [9.17, 15) is 0 Å². The zero-order valence-electron chi connectivity index (χ0n) is 12.1. The average molecular weight is 275 g/mol. The Morgan fingerprint density at radius 3 is 2.79 bits per heavy atom. The molecule has 0 heterocycles. The third kappa shape index (κ3) is 3.87. The summed E-state index contributed by atoms with van der Waals surface area (Å²) in [6, 6.07) is 9.25. The summed E-state index contributed by atoms with van der Waals surface area (Å²) in [5.41, 5.74) is 3.05. The maximum Gasteiger partial charge on any atom is 0.0547 e. The fourth-order valence-corrected chi connectivity index (χ4v) is 3.40. The van der Waals surface area contributed by atoms with Crippen LogP contribution in [-0.4, -0.2) is 12.8 Å². The van der Waals surface area contributed by atoms with Gasteiger partial charge in [-0.25, -0.2) is 0 Å². The van der Waals surface area contributed by atoms with Crippen molar-refractivity contribution in [3.05, 3.63) is 41.5 Å².